The molecule has 0 saturated carbocycles. The Labute approximate surface area is 96.1 Å². The van der Waals surface area contributed by atoms with Gasteiger partial charge in [-0.3, -0.25) is 0 Å². The summed E-state index contributed by atoms with van der Waals surface area (Å²) in [6, 6.07) is 0. The van der Waals surface area contributed by atoms with Crippen LogP contribution in [0, 0.1) is 5.92 Å². The van der Waals surface area contributed by atoms with Crippen molar-refractivity contribution < 1.29 is 18.9 Å². The monoisotopic (exact) mass is 225 g/mol. The minimum atomic E-state index is -0.391. The minimum Gasteiger partial charge on any atom is -0.355 e. The first-order valence-electron chi connectivity index (χ1n) is 4.89. The molecule has 0 aliphatic heterocycles. The maximum Gasteiger partial charge on any atom is 0.190 e. The molecule has 1 radical (unpaired) electrons. The molecule has 0 unspecified atom stereocenters. The summed E-state index contributed by atoms with van der Waals surface area (Å²) in [7, 11) is 6.36. The first-order valence-corrected chi connectivity index (χ1v) is 4.89. The lowest BCUT2D eigenvalue weighted by Gasteiger charge is -2.20. The summed E-state index contributed by atoms with van der Waals surface area (Å²) in [6.45, 7) is 0. The molecule has 0 atom stereocenters. The van der Waals surface area contributed by atoms with Gasteiger partial charge in [0.05, 0.1) is 5.92 Å². The lowest BCUT2D eigenvalue weighted by atomic mass is 10.0. The summed E-state index contributed by atoms with van der Waals surface area (Å²) >= 11 is 0. The highest BCUT2D eigenvalue weighted by atomic mass is 16.7. The minimum absolute atomic E-state index is 0.367. The lowest BCUT2D eigenvalue weighted by molar-refractivity contribution is -0.0834. The maximum atomic E-state index is 5.13. The van der Waals surface area contributed by atoms with Crippen LogP contribution in [-0.4, -0.2) is 41.0 Å². The van der Waals surface area contributed by atoms with Gasteiger partial charge in [0.2, 0.25) is 0 Å². The Bertz CT molecular complexity index is 294. The Balaban J connectivity index is 2.75. The Morgan fingerprint density at radius 3 is 1.81 bits per heavy atom. The molecule has 1 rings (SSSR count). The third kappa shape index (κ3) is 3.04. The Hall–Kier alpha value is -0.900. The van der Waals surface area contributed by atoms with Gasteiger partial charge in [-0.05, 0) is 12.2 Å². The van der Waals surface area contributed by atoms with E-state index in [1.165, 1.54) is 0 Å². The molecule has 4 heteroatoms. The molecule has 1 aliphatic carbocycles. The molecule has 1 aliphatic rings. The van der Waals surface area contributed by atoms with Crippen molar-refractivity contribution in [3.8, 4) is 0 Å². The molecule has 89 valence electrons. The predicted molar refractivity (Wildman–Crippen MR) is 59.6 cm³/mol. The van der Waals surface area contributed by atoms with Gasteiger partial charge in [-0.15, -0.1) is 5.73 Å². The summed E-state index contributed by atoms with van der Waals surface area (Å²) < 4.78 is 20.5. The predicted octanol–water partition coefficient (Wildman–Crippen LogP) is 1.45. The Morgan fingerprint density at radius 2 is 1.44 bits per heavy atom. The van der Waals surface area contributed by atoms with E-state index < -0.39 is 6.29 Å². The highest BCUT2D eigenvalue weighted by Crippen LogP contribution is 2.21. The average molecular weight is 225 g/mol. The van der Waals surface area contributed by atoms with E-state index in [-0.39, 0.29) is 6.29 Å². The average Bonchev–Trinajstić information content (AvgIpc) is 2.34. The molecular formula is C12H17O4. The van der Waals surface area contributed by atoms with Crippen molar-refractivity contribution in [3.63, 3.8) is 0 Å². The van der Waals surface area contributed by atoms with Gasteiger partial charge in [-0.25, -0.2) is 0 Å². The highest BCUT2D eigenvalue weighted by molar-refractivity contribution is 5.37. The standard InChI is InChI=1S/C12H17O4/c1-13-11(14-2)9-5-7-10(8-6-9)12(15-3)16-4/h5-7,11-12H,1-4H3. The first kappa shape index (κ1) is 13.2. The van der Waals surface area contributed by atoms with Crippen LogP contribution in [-0.2, 0) is 18.9 Å². The smallest absolute Gasteiger partial charge is 0.190 e. The van der Waals surface area contributed by atoms with Crippen LogP contribution in [0.1, 0.15) is 0 Å². The van der Waals surface area contributed by atoms with E-state index in [1.807, 2.05) is 12.2 Å². The third-order valence-electron chi connectivity index (χ3n) is 2.24. The molecule has 0 spiro atoms. The number of methoxy groups -OCH3 is 4. The molecule has 0 heterocycles. The molecule has 0 saturated heterocycles. The number of hydrogen-bond acceptors (Lipinski definition) is 4. The molecule has 0 aromatic heterocycles. The molecule has 0 N–H and O–H groups in total. The SMILES string of the molecule is COC(OC)[C]1C=C=C(C(OC)OC)C=C1. The summed E-state index contributed by atoms with van der Waals surface area (Å²) in [5.74, 6) is 0.903. The third-order valence-corrected chi connectivity index (χ3v) is 2.24. The summed E-state index contributed by atoms with van der Waals surface area (Å²) in [5, 5.41) is 0. The van der Waals surface area contributed by atoms with Crippen molar-refractivity contribution in [2.45, 2.75) is 12.6 Å². The Kier molecular flexibility index (Phi) is 5.46. The molecule has 4 nitrogen and oxygen atoms in total. The van der Waals surface area contributed by atoms with Gasteiger partial charge in [0.25, 0.3) is 0 Å². The van der Waals surface area contributed by atoms with Crippen LogP contribution in [0.3, 0.4) is 0 Å². The second-order valence-corrected chi connectivity index (χ2v) is 3.18. The molecule has 0 aromatic rings. The molecule has 0 amide bonds. The highest BCUT2D eigenvalue weighted by Gasteiger charge is 2.20. The molecule has 0 aromatic carbocycles. The van der Waals surface area contributed by atoms with E-state index in [9.17, 15) is 0 Å². The number of ether oxygens (including phenoxy) is 4. The van der Waals surface area contributed by atoms with Gasteiger partial charge in [0.15, 0.2) is 12.6 Å². The quantitative estimate of drug-likeness (QED) is 0.506. The van der Waals surface area contributed by atoms with Gasteiger partial charge in [0.1, 0.15) is 0 Å². The van der Waals surface area contributed by atoms with Crippen molar-refractivity contribution in [1.29, 1.82) is 0 Å². The number of hydrogen-bond donors (Lipinski definition) is 0. The van der Waals surface area contributed by atoms with E-state index in [0.29, 0.717) is 0 Å². The van der Waals surface area contributed by atoms with E-state index in [2.05, 4.69) is 5.73 Å². The largest absolute Gasteiger partial charge is 0.355 e. The molecular weight excluding hydrogens is 208 g/mol. The van der Waals surface area contributed by atoms with Crippen LogP contribution in [0.5, 0.6) is 0 Å². The van der Waals surface area contributed by atoms with E-state index in [0.717, 1.165) is 11.5 Å². The van der Waals surface area contributed by atoms with Gasteiger partial charge in [0, 0.05) is 34.0 Å². The zero-order valence-corrected chi connectivity index (χ0v) is 10.0. The van der Waals surface area contributed by atoms with Gasteiger partial charge < -0.3 is 18.9 Å². The van der Waals surface area contributed by atoms with Crippen LogP contribution < -0.4 is 0 Å². The molecule has 16 heavy (non-hydrogen) atoms. The summed E-state index contributed by atoms with van der Waals surface area (Å²) in [6.07, 6.45) is 4.82. The number of rotatable bonds is 6. The zero-order chi connectivity index (χ0) is 12.0. The van der Waals surface area contributed by atoms with E-state index in [1.54, 1.807) is 34.5 Å². The Morgan fingerprint density at radius 1 is 0.875 bits per heavy atom. The van der Waals surface area contributed by atoms with Crippen LogP contribution in [0.25, 0.3) is 0 Å². The maximum absolute atomic E-state index is 5.13. The van der Waals surface area contributed by atoms with E-state index >= 15 is 0 Å². The fourth-order valence-corrected chi connectivity index (χ4v) is 1.46. The van der Waals surface area contributed by atoms with Gasteiger partial charge in [-0.2, -0.15) is 0 Å². The van der Waals surface area contributed by atoms with Crippen molar-refractivity contribution in [2.75, 3.05) is 28.4 Å². The zero-order valence-electron chi connectivity index (χ0n) is 10.0. The summed E-state index contributed by atoms with van der Waals surface area (Å²) in [4.78, 5) is 0. The van der Waals surface area contributed by atoms with Crippen molar-refractivity contribution in [2.24, 2.45) is 0 Å². The van der Waals surface area contributed by atoms with Crippen molar-refractivity contribution in [1.82, 2.24) is 0 Å². The van der Waals surface area contributed by atoms with Crippen LogP contribution in [0.4, 0.5) is 0 Å². The van der Waals surface area contributed by atoms with Crippen LogP contribution >= 0.6 is 0 Å². The van der Waals surface area contributed by atoms with Crippen LogP contribution in [0.2, 0.25) is 0 Å². The fraction of sp³-hybridized carbons (Fsp3) is 0.500. The van der Waals surface area contributed by atoms with Crippen LogP contribution in [0.15, 0.2) is 29.5 Å². The normalized spacial score (nSPS) is 16.2. The van der Waals surface area contributed by atoms with Crippen molar-refractivity contribution >= 4 is 0 Å². The topological polar surface area (TPSA) is 36.9 Å². The van der Waals surface area contributed by atoms with E-state index in [4.69, 9.17) is 18.9 Å². The fourth-order valence-electron chi connectivity index (χ4n) is 1.46. The van der Waals surface area contributed by atoms with Gasteiger partial charge >= 0.3 is 0 Å². The second-order valence-electron chi connectivity index (χ2n) is 3.18. The van der Waals surface area contributed by atoms with Crippen molar-refractivity contribution in [3.05, 3.63) is 35.5 Å². The molecule has 0 bridgehead atoms. The van der Waals surface area contributed by atoms with Gasteiger partial charge in [-0.1, -0.05) is 6.08 Å². The summed E-state index contributed by atoms with van der Waals surface area (Å²) in [5.41, 5.74) is 3.91. The second kappa shape index (κ2) is 6.63. The molecule has 0 fully saturated rings. The first-order chi connectivity index (χ1) is 7.76. The lowest BCUT2D eigenvalue weighted by Crippen LogP contribution is -2.22.